The van der Waals surface area contributed by atoms with E-state index in [1.165, 1.54) is 0 Å². The van der Waals surface area contributed by atoms with E-state index in [1.54, 1.807) is 12.1 Å². The summed E-state index contributed by atoms with van der Waals surface area (Å²) in [4.78, 5) is 3.90. The number of hydrogen-bond acceptors (Lipinski definition) is 4. The molecule has 1 aromatic heterocycles. The average molecular weight is 370 g/mol. The van der Waals surface area contributed by atoms with Gasteiger partial charge in [0.05, 0.1) is 13.6 Å². The predicted octanol–water partition coefficient (Wildman–Crippen LogP) is 3.04. The fourth-order valence-corrected chi connectivity index (χ4v) is 1.89. The Kier molecular flexibility index (Phi) is 3.41. The van der Waals surface area contributed by atoms with Crippen LogP contribution >= 0.6 is 45.8 Å². The Hall–Kier alpha value is -0.730. The number of nitrogen functional groups attached to an aromatic ring is 1. The van der Waals surface area contributed by atoms with Crippen molar-refractivity contribution >= 4 is 63.4 Å². The fraction of sp³-hybridized carbons (Fsp3) is 0. The van der Waals surface area contributed by atoms with Crippen LogP contribution in [0.15, 0.2) is 12.1 Å². The number of benzene rings is 1. The highest BCUT2D eigenvalue weighted by atomic mass is 127. The monoisotopic (exact) mass is 369 g/mol. The zero-order valence-corrected chi connectivity index (χ0v) is 11.4. The maximum atomic E-state index is 5.99. The number of rotatable bonds is 2. The largest absolute Gasteiger partial charge is 0.368 e. The van der Waals surface area contributed by atoms with Crippen LogP contribution in [0.5, 0.6) is 0 Å². The number of nitrogens with one attached hydrogen (secondary N) is 2. The van der Waals surface area contributed by atoms with Gasteiger partial charge >= 0.3 is 0 Å². The van der Waals surface area contributed by atoms with Gasteiger partial charge in [0.2, 0.25) is 11.9 Å². The van der Waals surface area contributed by atoms with E-state index in [2.05, 4.69) is 43.1 Å². The molecule has 0 radical (unpaired) electrons. The highest BCUT2D eigenvalue weighted by Crippen LogP contribution is 2.30. The smallest absolute Gasteiger partial charge is 0.248 e. The Morgan fingerprint density at radius 3 is 2.44 bits per heavy atom. The van der Waals surface area contributed by atoms with Crippen LogP contribution in [0, 0.1) is 3.57 Å². The first kappa shape index (κ1) is 11.7. The molecule has 0 saturated heterocycles. The maximum absolute atomic E-state index is 5.99. The lowest BCUT2D eigenvalue weighted by molar-refractivity contribution is 1.10. The van der Waals surface area contributed by atoms with E-state index in [0.29, 0.717) is 21.7 Å². The van der Waals surface area contributed by atoms with Gasteiger partial charge in [-0.1, -0.05) is 23.2 Å². The highest BCUT2D eigenvalue weighted by molar-refractivity contribution is 14.1. The van der Waals surface area contributed by atoms with Crippen molar-refractivity contribution in [2.45, 2.75) is 0 Å². The molecular weight excluding hydrogens is 364 g/mol. The van der Waals surface area contributed by atoms with E-state index in [-0.39, 0.29) is 5.95 Å². The van der Waals surface area contributed by atoms with Crippen LogP contribution in [-0.2, 0) is 0 Å². The second-order valence-corrected chi connectivity index (χ2v) is 4.82. The number of H-pyrrole nitrogens is 1. The third kappa shape index (κ3) is 2.50. The minimum Gasteiger partial charge on any atom is -0.368 e. The Morgan fingerprint density at radius 1 is 1.31 bits per heavy atom. The van der Waals surface area contributed by atoms with Gasteiger partial charge in [0, 0.05) is 5.69 Å². The zero-order valence-electron chi connectivity index (χ0n) is 7.76. The van der Waals surface area contributed by atoms with Crippen molar-refractivity contribution in [1.82, 2.24) is 15.2 Å². The van der Waals surface area contributed by atoms with Crippen molar-refractivity contribution in [3.63, 3.8) is 0 Å². The quantitative estimate of drug-likeness (QED) is 0.561. The van der Waals surface area contributed by atoms with Crippen LogP contribution in [0.2, 0.25) is 10.0 Å². The first-order valence-electron chi connectivity index (χ1n) is 4.15. The predicted molar refractivity (Wildman–Crippen MR) is 73.3 cm³/mol. The average Bonchev–Trinajstić information content (AvgIpc) is 2.60. The summed E-state index contributed by atoms with van der Waals surface area (Å²) in [6.07, 6.45) is 0. The number of nitrogens with two attached hydrogens (primary N) is 1. The lowest BCUT2D eigenvalue weighted by atomic mass is 10.3. The molecule has 0 unspecified atom stereocenters. The maximum Gasteiger partial charge on any atom is 0.248 e. The lowest BCUT2D eigenvalue weighted by Gasteiger charge is -2.05. The summed E-state index contributed by atoms with van der Waals surface area (Å²) in [6.45, 7) is 0. The first-order valence-corrected chi connectivity index (χ1v) is 5.99. The summed E-state index contributed by atoms with van der Waals surface area (Å²) < 4.78 is 0.806. The van der Waals surface area contributed by atoms with E-state index >= 15 is 0 Å². The van der Waals surface area contributed by atoms with Crippen molar-refractivity contribution in [2.24, 2.45) is 0 Å². The van der Waals surface area contributed by atoms with Gasteiger partial charge in [-0.25, -0.2) is 5.10 Å². The molecule has 8 heteroatoms. The van der Waals surface area contributed by atoms with Gasteiger partial charge in [0.1, 0.15) is 0 Å². The van der Waals surface area contributed by atoms with Crippen molar-refractivity contribution in [3.8, 4) is 0 Å². The van der Waals surface area contributed by atoms with Crippen LogP contribution in [0.25, 0.3) is 0 Å². The third-order valence-electron chi connectivity index (χ3n) is 1.74. The molecule has 16 heavy (non-hydrogen) atoms. The second-order valence-electron chi connectivity index (χ2n) is 2.92. The molecule has 0 bridgehead atoms. The number of aromatic amines is 1. The summed E-state index contributed by atoms with van der Waals surface area (Å²) in [5.41, 5.74) is 6.10. The fourth-order valence-electron chi connectivity index (χ4n) is 1.09. The third-order valence-corrected chi connectivity index (χ3v) is 4.14. The minimum absolute atomic E-state index is 0.241. The van der Waals surface area contributed by atoms with E-state index in [9.17, 15) is 0 Å². The Morgan fingerprint density at radius 2 is 1.94 bits per heavy atom. The van der Waals surface area contributed by atoms with Crippen molar-refractivity contribution in [3.05, 3.63) is 25.7 Å². The zero-order chi connectivity index (χ0) is 11.7. The minimum atomic E-state index is 0.241. The van der Waals surface area contributed by atoms with Gasteiger partial charge in [-0.3, -0.25) is 0 Å². The highest BCUT2D eigenvalue weighted by Gasteiger charge is 2.07. The Balaban J connectivity index is 2.28. The molecule has 2 aromatic rings. The molecule has 1 heterocycles. The SMILES string of the molecule is Nc1nc(Nc2cc(Cl)c(I)c(Cl)c2)n[nH]1. The number of nitrogens with zero attached hydrogens (tertiary/aromatic N) is 2. The van der Waals surface area contributed by atoms with Crippen LogP contribution < -0.4 is 11.1 Å². The standard InChI is InChI=1S/C8H6Cl2IN5/c9-4-1-3(2-5(10)6(4)11)13-8-14-7(12)15-16-8/h1-2H,(H4,12,13,14,15,16). The van der Waals surface area contributed by atoms with E-state index in [0.717, 1.165) is 3.57 Å². The summed E-state index contributed by atoms with van der Waals surface area (Å²) in [6, 6.07) is 3.48. The topological polar surface area (TPSA) is 79.6 Å². The van der Waals surface area contributed by atoms with E-state index < -0.39 is 0 Å². The van der Waals surface area contributed by atoms with Crippen molar-refractivity contribution < 1.29 is 0 Å². The number of hydrogen-bond donors (Lipinski definition) is 3. The van der Waals surface area contributed by atoms with Crippen molar-refractivity contribution in [1.29, 1.82) is 0 Å². The molecule has 0 aliphatic rings. The first-order chi connectivity index (χ1) is 7.56. The summed E-state index contributed by atoms with van der Waals surface area (Å²) >= 11 is 14.0. The molecule has 0 amide bonds. The van der Waals surface area contributed by atoms with Gasteiger partial charge < -0.3 is 11.1 Å². The van der Waals surface area contributed by atoms with Crippen LogP contribution in [-0.4, -0.2) is 15.2 Å². The molecule has 0 saturated carbocycles. The molecule has 0 aliphatic carbocycles. The second kappa shape index (κ2) is 4.64. The number of aromatic nitrogens is 3. The summed E-state index contributed by atoms with van der Waals surface area (Å²) in [5, 5.41) is 10.4. The van der Waals surface area contributed by atoms with Gasteiger partial charge in [-0.05, 0) is 34.7 Å². The molecule has 84 valence electrons. The number of halogens is 3. The van der Waals surface area contributed by atoms with Crippen LogP contribution in [0.4, 0.5) is 17.6 Å². The van der Waals surface area contributed by atoms with Crippen molar-refractivity contribution in [2.75, 3.05) is 11.1 Å². The van der Waals surface area contributed by atoms with Gasteiger partial charge in [0.25, 0.3) is 0 Å². The molecule has 0 spiro atoms. The lowest BCUT2D eigenvalue weighted by Crippen LogP contribution is -1.94. The Bertz CT molecular complexity index is 504. The van der Waals surface area contributed by atoms with Crippen LogP contribution in [0.3, 0.4) is 0 Å². The molecule has 2 rings (SSSR count). The molecule has 0 atom stereocenters. The molecule has 5 nitrogen and oxygen atoms in total. The Labute approximate surface area is 115 Å². The normalized spacial score (nSPS) is 10.4. The van der Waals surface area contributed by atoms with Gasteiger partial charge in [-0.15, -0.1) is 5.10 Å². The van der Waals surface area contributed by atoms with Crippen LogP contribution in [0.1, 0.15) is 0 Å². The van der Waals surface area contributed by atoms with Gasteiger partial charge in [-0.2, -0.15) is 4.98 Å². The van der Waals surface area contributed by atoms with E-state index in [4.69, 9.17) is 28.9 Å². The molecule has 0 aliphatic heterocycles. The molecule has 1 aromatic carbocycles. The molecular formula is C8H6Cl2IN5. The number of anilines is 3. The van der Waals surface area contributed by atoms with E-state index in [1.807, 2.05) is 0 Å². The molecule has 4 N–H and O–H groups in total. The summed E-state index contributed by atoms with van der Waals surface area (Å²) in [7, 11) is 0. The summed E-state index contributed by atoms with van der Waals surface area (Å²) in [5.74, 6) is 0.607. The molecule has 0 fully saturated rings. The van der Waals surface area contributed by atoms with Gasteiger partial charge in [0.15, 0.2) is 0 Å².